The average molecular weight is 429 g/mol. The number of nitrogens with one attached hydrogen (secondary N) is 1. The van der Waals surface area contributed by atoms with Crippen molar-refractivity contribution in [2.75, 3.05) is 13.1 Å². The number of halogens is 1. The molecular formula is C17H17ClN2O5S2. The number of sulfonamides is 2. The molecule has 1 saturated heterocycles. The Labute approximate surface area is 163 Å². The Hall–Kier alpha value is -1.94. The molecule has 0 atom stereocenters. The van der Waals surface area contributed by atoms with Crippen LogP contribution in [-0.4, -0.2) is 40.1 Å². The van der Waals surface area contributed by atoms with Crippen LogP contribution in [0.25, 0.3) is 0 Å². The van der Waals surface area contributed by atoms with Gasteiger partial charge in [0.25, 0.3) is 15.9 Å². The monoisotopic (exact) mass is 428 g/mol. The second-order valence-corrected chi connectivity index (χ2v) is 10.1. The van der Waals surface area contributed by atoms with Crippen molar-refractivity contribution in [3.05, 3.63) is 59.1 Å². The van der Waals surface area contributed by atoms with E-state index in [4.69, 9.17) is 11.6 Å². The molecule has 3 rings (SSSR count). The zero-order valence-corrected chi connectivity index (χ0v) is 16.5. The highest BCUT2D eigenvalue weighted by molar-refractivity contribution is 7.90. The van der Waals surface area contributed by atoms with Gasteiger partial charge in [0.1, 0.15) is 0 Å². The molecule has 144 valence electrons. The molecule has 0 unspecified atom stereocenters. The third-order valence-electron chi connectivity index (χ3n) is 4.17. The van der Waals surface area contributed by atoms with Gasteiger partial charge in [-0.3, -0.25) is 4.79 Å². The van der Waals surface area contributed by atoms with E-state index >= 15 is 0 Å². The summed E-state index contributed by atoms with van der Waals surface area (Å²) >= 11 is 5.74. The summed E-state index contributed by atoms with van der Waals surface area (Å²) in [4.78, 5) is 11.9. The molecule has 1 aliphatic heterocycles. The van der Waals surface area contributed by atoms with Crippen molar-refractivity contribution in [1.29, 1.82) is 0 Å². The summed E-state index contributed by atoms with van der Waals surface area (Å²) in [6.07, 6.45) is 1.62. The van der Waals surface area contributed by atoms with E-state index in [9.17, 15) is 21.6 Å². The van der Waals surface area contributed by atoms with Crippen LogP contribution in [0.2, 0.25) is 5.02 Å². The van der Waals surface area contributed by atoms with Gasteiger partial charge in [-0.05, 0) is 61.4 Å². The maximum atomic E-state index is 12.5. The van der Waals surface area contributed by atoms with Crippen molar-refractivity contribution in [1.82, 2.24) is 9.03 Å². The number of amides is 1. The normalized spacial score (nSPS) is 15.6. The highest BCUT2D eigenvalue weighted by Gasteiger charge is 2.27. The fraction of sp³-hybridized carbons (Fsp3) is 0.235. The number of hydrogen-bond acceptors (Lipinski definition) is 5. The van der Waals surface area contributed by atoms with E-state index in [0.29, 0.717) is 18.1 Å². The summed E-state index contributed by atoms with van der Waals surface area (Å²) in [7, 11) is -7.77. The van der Waals surface area contributed by atoms with Gasteiger partial charge in [0, 0.05) is 23.7 Å². The minimum atomic E-state index is -4.14. The second-order valence-electron chi connectivity index (χ2n) is 6.02. The summed E-state index contributed by atoms with van der Waals surface area (Å²) in [5, 5.41) is 0.421. The van der Waals surface area contributed by atoms with Crippen molar-refractivity contribution >= 4 is 37.6 Å². The van der Waals surface area contributed by atoms with E-state index < -0.39 is 26.0 Å². The first-order chi connectivity index (χ1) is 12.7. The minimum Gasteiger partial charge on any atom is -0.268 e. The van der Waals surface area contributed by atoms with Crippen molar-refractivity contribution in [2.24, 2.45) is 0 Å². The molecule has 0 spiro atoms. The topological polar surface area (TPSA) is 101 Å². The maximum absolute atomic E-state index is 12.5. The molecule has 0 bridgehead atoms. The van der Waals surface area contributed by atoms with E-state index in [1.165, 1.54) is 52.8 Å². The van der Waals surface area contributed by atoms with Gasteiger partial charge in [-0.25, -0.2) is 21.6 Å². The lowest BCUT2D eigenvalue weighted by Gasteiger charge is -2.15. The first kappa shape index (κ1) is 19.8. The Morgan fingerprint density at radius 2 is 1.37 bits per heavy atom. The van der Waals surface area contributed by atoms with Crippen LogP contribution in [0.5, 0.6) is 0 Å². The molecule has 1 amide bonds. The zero-order valence-electron chi connectivity index (χ0n) is 14.1. The van der Waals surface area contributed by atoms with Crippen LogP contribution in [0.1, 0.15) is 23.2 Å². The third kappa shape index (κ3) is 4.32. The van der Waals surface area contributed by atoms with Crippen LogP contribution >= 0.6 is 11.6 Å². The summed E-state index contributed by atoms with van der Waals surface area (Å²) in [6.45, 7) is 0.916. The van der Waals surface area contributed by atoms with Gasteiger partial charge in [-0.2, -0.15) is 4.31 Å². The van der Waals surface area contributed by atoms with E-state index in [0.717, 1.165) is 12.8 Å². The van der Waals surface area contributed by atoms with E-state index in [-0.39, 0.29) is 15.4 Å². The zero-order chi connectivity index (χ0) is 19.7. The molecule has 2 aromatic carbocycles. The second kappa shape index (κ2) is 7.59. The minimum absolute atomic E-state index is 0.0207. The summed E-state index contributed by atoms with van der Waals surface area (Å²) in [6, 6.07) is 10.5. The third-order valence-corrected chi connectivity index (χ3v) is 7.68. The molecule has 2 aromatic rings. The summed E-state index contributed by atoms with van der Waals surface area (Å²) < 4.78 is 53.1. The lowest BCUT2D eigenvalue weighted by Crippen LogP contribution is -2.31. The number of carbonyl (C=O) groups is 1. The summed E-state index contributed by atoms with van der Waals surface area (Å²) in [5.74, 6) is -0.805. The Balaban J connectivity index is 1.79. The first-order valence-electron chi connectivity index (χ1n) is 8.13. The Morgan fingerprint density at radius 1 is 0.852 bits per heavy atom. The van der Waals surface area contributed by atoms with Crippen LogP contribution in [-0.2, 0) is 20.0 Å². The van der Waals surface area contributed by atoms with Gasteiger partial charge in [-0.15, -0.1) is 0 Å². The molecule has 1 heterocycles. The highest BCUT2D eigenvalue weighted by Crippen LogP contribution is 2.22. The van der Waals surface area contributed by atoms with Gasteiger partial charge in [-0.1, -0.05) is 11.6 Å². The standard InChI is InChI=1S/C17H17ClN2O5S2/c18-14-5-3-13(4-6-14)17(21)19-26(22,23)15-7-9-16(10-8-15)27(24,25)20-11-1-2-12-20/h3-10H,1-2,11-12H2,(H,19,21). The lowest BCUT2D eigenvalue weighted by molar-refractivity contribution is 0.0981. The molecule has 27 heavy (non-hydrogen) atoms. The van der Waals surface area contributed by atoms with Crippen molar-refractivity contribution < 1.29 is 21.6 Å². The molecule has 0 saturated carbocycles. The molecule has 1 N–H and O–H groups in total. The quantitative estimate of drug-likeness (QED) is 0.787. The molecule has 7 nitrogen and oxygen atoms in total. The van der Waals surface area contributed by atoms with Crippen LogP contribution in [0.3, 0.4) is 0 Å². The van der Waals surface area contributed by atoms with Gasteiger partial charge in [0.2, 0.25) is 10.0 Å². The van der Waals surface area contributed by atoms with E-state index in [1.807, 2.05) is 4.72 Å². The van der Waals surface area contributed by atoms with Crippen LogP contribution in [0, 0.1) is 0 Å². The fourth-order valence-corrected chi connectivity index (χ4v) is 5.33. The van der Waals surface area contributed by atoms with Crippen molar-refractivity contribution in [3.8, 4) is 0 Å². The van der Waals surface area contributed by atoms with Crippen LogP contribution in [0.15, 0.2) is 58.3 Å². The maximum Gasteiger partial charge on any atom is 0.264 e. The van der Waals surface area contributed by atoms with E-state index in [1.54, 1.807) is 0 Å². The Kier molecular flexibility index (Phi) is 5.57. The number of carbonyl (C=O) groups excluding carboxylic acids is 1. The van der Waals surface area contributed by atoms with Crippen molar-refractivity contribution in [3.63, 3.8) is 0 Å². The molecule has 1 fully saturated rings. The number of benzene rings is 2. The number of hydrogen-bond donors (Lipinski definition) is 1. The first-order valence-corrected chi connectivity index (χ1v) is 11.4. The molecule has 0 radical (unpaired) electrons. The molecule has 0 aromatic heterocycles. The fourth-order valence-electron chi connectivity index (χ4n) is 2.71. The molecular weight excluding hydrogens is 412 g/mol. The van der Waals surface area contributed by atoms with Crippen LogP contribution < -0.4 is 4.72 Å². The van der Waals surface area contributed by atoms with Gasteiger partial charge < -0.3 is 0 Å². The highest BCUT2D eigenvalue weighted by atomic mass is 35.5. The number of rotatable bonds is 5. The van der Waals surface area contributed by atoms with Crippen molar-refractivity contribution in [2.45, 2.75) is 22.6 Å². The molecule has 0 aliphatic carbocycles. The predicted molar refractivity (Wildman–Crippen MR) is 101 cm³/mol. The van der Waals surface area contributed by atoms with Gasteiger partial charge in [0.05, 0.1) is 9.79 Å². The molecule has 1 aliphatic rings. The summed E-state index contributed by atoms with van der Waals surface area (Å²) in [5.41, 5.74) is 0.135. The predicted octanol–water partition coefficient (Wildman–Crippen LogP) is 2.24. The average Bonchev–Trinajstić information content (AvgIpc) is 3.17. The smallest absolute Gasteiger partial charge is 0.264 e. The largest absolute Gasteiger partial charge is 0.268 e. The van der Waals surface area contributed by atoms with Gasteiger partial charge >= 0.3 is 0 Å². The number of nitrogens with zero attached hydrogens (tertiary/aromatic N) is 1. The Morgan fingerprint density at radius 3 is 1.93 bits per heavy atom. The van der Waals surface area contributed by atoms with Gasteiger partial charge in [0.15, 0.2) is 0 Å². The Bertz CT molecular complexity index is 1040. The molecule has 10 heteroatoms. The van der Waals surface area contributed by atoms with E-state index in [2.05, 4.69) is 0 Å². The lowest BCUT2D eigenvalue weighted by atomic mass is 10.2. The van der Waals surface area contributed by atoms with Crippen LogP contribution in [0.4, 0.5) is 0 Å². The SMILES string of the molecule is O=C(NS(=O)(=O)c1ccc(S(=O)(=O)N2CCCC2)cc1)c1ccc(Cl)cc1.